The summed E-state index contributed by atoms with van der Waals surface area (Å²) in [5, 5.41) is 4.95. The third kappa shape index (κ3) is 4.03. The predicted octanol–water partition coefficient (Wildman–Crippen LogP) is 4.14. The van der Waals surface area contributed by atoms with Gasteiger partial charge in [0.15, 0.2) is 0 Å². The first-order valence-corrected chi connectivity index (χ1v) is 8.73. The molecule has 0 saturated carbocycles. The predicted molar refractivity (Wildman–Crippen MR) is 91.5 cm³/mol. The van der Waals surface area contributed by atoms with Crippen molar-refractivity contribution in [2.24, 2.45) is 5.92 Å². The number of hydrogen-bond donors (Lipinski definition) is 1. The molecule has 0 bridgehead atoms. The van der Waals surface area contributed by atoms with Crippen molar-refractivity contribution >= 4 is 22.7 Å². The van der Waals surface area contributed by atoms with Crippen LogP contribution in [0.2, 0.25) is 0 Å². The van der Waals surface area contributed by atoms with Crippen LogP contribution in [-0.4, -0.2) is 22.6 Å². The van der Waals surface area contributed by atoms with Crippen molar-refractivity contribution in [3.05, 3.63) is 36.0 Å². The van der Waals surface area contributed by atoms with Crippen LogP contribution in [0.3, 0.4) is 0 Å². The van der Waals surface area contributed by atoms with Gasteiger partial charge in [-0.3, -0.25) is 0 Å². The molecule has 1 aromatic heterocycles. The number of nitrogens with zero attached hydrogens (tertiary/aromatic N) is 1. The van der Waals surface area contributed by atoms with Crippen LogP contribution in [0, 0.1) is 5.92 Å². The number of aryl methyl sites for hydroxylation is 1. The Morgan fingerprint density at radius 1 is 1.25 bits per heavy atom. The van der Waals surface area contributed by atoms with Crippen LogP contribution in [-0.2, 0) is 13.1 Å². The minimum atomic E-state index is 0.698. The highest BCUT2D eigenvalue weighted by molar-refractivity contribution is 7.99. The Bertz CT molecular complexity index is 531. The number of benzene rings is 1. The van der Waals surface area contributed by atoms with Gasteiger partial charge in [-0.15, -0.1) is 0 Å². The van der Waals surface area contributed by atoms with Gasteiger partial charge < -0.3 is 9.88 Å². The molecular weight excluding hydrogens is 264 g/mol. The van der Waals surface area contributed by atoms with E-state index in [0.29, 0.717) is 5.92 Å². The summed E-state index contributed by atoms with van der Waals surface area (Å²) in [7, 11) is 0. The number of nitrogens with one attached hydrogen (secondary N) is 1. The van der Waals surface area contributed by atoms with Crippen LogP contribution < -0.4 is 5.32 Å². The Balaban J connectivity index is 2.13. The van der Waals surface area contributed by atoms with Crippen molar-refractivity contribution in [3.63, 3.8) is 0 Å². The number of thioether (sulfide) groups is 1. The first kappa shape index (κ1) is 15.5. The average Bonchev–Trinajstić information content (AvgIpc) is 2.78. The molecule has 0 aliphatic rings. The van der Waals surface area contributed by atoms with E-state index in [4.69, 9.17) is 0 Å². The zero-order valence-corrected chi connectivity index (χ0v) is 13.7. The van der Waals surface area contributed by atoms with E-state index < -0.39 is 0 Å². The lowest BCUT2D eigenvalue weighted by Gasteiger charge is -2.06. The van der Waals surface area contributed by atoms with Gasteiger partial charge in [0.2, 0.25) is 0 Å². The highest BCUT2D eigenvalue weighted by Crippen LogP contribution is 2.21. The molecule has 1 aromatic carbocycles. The standard InChI is InChI=1S/C17H26N2S/c1-4-20-10-9-19-13-15(12-18-11-14(2)3)16-7-5-6-8-17(16)19/h5-8,13-14,18H,4,9-12H2,1-3H3. The molecule has 2 rings (SSSR count). The van der Waals surface area contributed by atoms with E-state index in [1.807, 2.05) is 11.8 Å². The van der Waals surface area contributed by atoms with E-state index >= 15 is 0 Å². The number of para-hydroxylation sites is 1. The van der Waals surface area contributed by atoms with E-state index in [0.717, 1.165) is 19.6 Å². The van der Waals surface area contributed by atoms with Gasteiger partial charge in [0, 0.05) is 35.9 Å². The molecule has 0 amide bonds. The van der Waals surface area contributed by atoms with Crippen LogP contribution in [0.5, 0.6) is 0 Å². The molecule has 110 valence electrons. The van der Waals surface area contributed by atoms with Crippen LogP contribution in [0.15, 0.2) is 30.5 Å². The van der Waals surface area contributed by atoms with Crippen molar-refractivity contribution in [1.82, 2.24) is 9.88 Å². The van der Waals surface area contributed by atoms with Gasteiger partial charge in [-0.05, 0) is 29.8 Å². The Morgan fingerprint density at radius 3 is 2.80 bits per heavy atom. The maximum atomic E-state index is 3.56. The lowest BCUT2D eigenvalue weighted by molar-refractivity contribution is 0.553. The monoisotopic (exact) mass is 290 g/mol. The van der Waals surface area contributed by atoms with Crippen molar-refractivity contribution in [2.45, 2.75) is 33.9 Å². The molecule has 0 unspecified atom stereocenters. The topological polar surface area (TPSA) is 17.0 Å². The summed E-state index contributed by atoms with van der Waals surface area (Å²) in [5.74, 6) is 3.08. The van der Waals surface area contributed by atoms with Gasteiger partial charge in [0.1, 0.15) is 0 Å². The van der Waals surface area contributed by atoms with E-state index in [1.165, 1.54) is 28.0 Å². The molecule has 0 radical (unpaired) electrons. The van der Waals surface area contributed by atoms with E-state index in [-0.39, 0.29) is 0 Å². The van der Waals surface area contributed by atoms with Gasteiger partial charge >= 0.3 is 0 Å². The fourth-order valence-electron chi connectivity index (χ4n) is 2.45. The van der Waals surface area contributed by atoms with Crippen molar-refractivity contribution in [1.29, 1.82) is 0 Å². The van der Waals surface area contributed by atoms with Crippen LogP contribution in [0.25, 0.3) is 10.9 Å². The Labute approximate surface area is 126 Å². The summed E-state index contributed by atoms with van der Waals surface area (Å²) >= 11 is 2.01. The fraction of sp³-hybridized carbons (Fsp3) is 0.529. The second-order valence-corrected chi connectivity index (χ2v) is 6.98. The summed E-state index contributed by atoms with van der Waals surface area (Å²) in [4.78, 5) is 0. The maximum Gasteiger partial charge on any atom is 0.0483 e. The quantitative estimate of drug-likeness (QED) is 0.736. The lowest BCUT2D eigenvalue weighted by Crippen LogP contribution is -2.18. The number of aromatic nitrogens is 1. The zero-order valence-electron chi connectivity index (χ0n) is 12.9. The molecule has 3 heteroatoms. The highest BCUT2D eigenvalue weighted by Gasteiger charge is 2.07. The first-order valence-electron chi connectivity index (χ1n) is 7.57. The molecule has 0 atom stereocenters. The smallest absolute Gasteiger partial charge is 0.0483 e. The third-order valence-corrected chi connectivity index (χ3v) is 4.30. The zero-order chi connectivity index (χ0) is 14.4. The molecule has 0 aliphatic heterocycles. The van der Waals surface area contributed by atoms with Gasteiger partial charge in [0.25, 0.3) is 0 Å². The normalized spacial score (nSPS) is 11.6. The maximum absolute atomic E-state index is 3.56. The van der Waals surface area contributed by atoms with Crippen molar-refractivity contribution in [3.8, 4) is 0 Å². The van der Waals surface area contributed by atoms with Crippen LogP contribution in [0.1, 0.15) is 26.3 Å². The second kappa shape index (κ2) is 7.75. The summed E-state index contributed by atoms with van der Waals surface area (Å²) in [6.45, 7) is 9.86. The highest BCUT2D eigenvalue weighted by atomic mass is 32.2. The van der Waals surface area contributed by atoms with E-state index in [1.54, 1.807) is 0 Å². The summed E-state index contributed by atoms with van der Waals surface area (Å²) in [6, 6.07) is 8.75. The molecule has 2 aromatic rings. The van der Waals surface area contributed by atoms with Crippen molar-refractivity contribution < 1.29 is 0 Å². The molecule has 20 heavy (non-hydrogen) atoms. The Kier molecular flexibility index (Phi) is 5.99. The molecule has 0 spiro atoms. The summed E-state index contributed by atoms with van der Waals surface area (Å²) < 4.78 is 2.41. The SMILES string of the molecule is CCSCCn1cc(CNCC(C)C)c2ccccc21. The number of hydrogen-bond acceptors (Lipinski definition) is 2. The van der Waals surface area contributed by atoms with Gasteiger partial charge in [-0.2, -0.15) is 11.8 Å². The molecular formula is C17H26N2S. The lowest BCUT2D eigenvalue weighted by atomic mass is 10.1. The van der Waals surface area contributed by atoms with Gasteiger partial charge in [-0.25, -0.2) is 0 Å². The average molecular weight is 290 g/mol. The minimum absolute atomic E-state index is 0.698. The van der Waals surface area contributed by atoms with Crippen molar-refractivity contribution in [2.75, 3.05) is 18.1 Å². The van der Waals surface area contributed by atoms with Gasteiger partial charge in [-0.1, -0.05) is 39.0 Å². The Morgan fingerprint density at radius 2 is 2.05 bits per heavy atom. The summed E-state index contributed by atoms with van der Waals surface area (Å²) in [5.41, 5.74) is 2.79. The molecule has 1 N–H and O–H groups in total. The first-order chi connectivity index (χ1) is 9.72. The Hall–Kier alpha value is -0.930. The summed E-state index contributed by atoms with van der Waals surface area (Å²) in [6.07, 6.45) is 2.33. The van der Waals surface area contributed by atoms with Crippen LogP contribution in [0.4, 0.5) is 0 Å². The van der Waals surface area contributed by atoms with Gasteiger partial charge in [0.05, 0.1) is 0 Å². The minimum Gasteiger partial charge on any atom is -0.346 e. The van der Waals surface area contributed by atoms with E-state index in [9.17, 15) is 0 Å². The fourth-order valence-corrected chi connectivity index (χ4v) is 3.07. The van der Waals surface area contributed by atoms with Crippen LogP contribution >= 0.6 is 11.8 Å². The third-order valence-electron chi connectivity index (χ3n) is 3.42. The number of rotatable bonds is 8. The molecule has 0 aliphatic carbocycles. The second-order valence-electron chi connectivity index (χ2n) is 5.59. The molecule has 2 nitrogen and oxygen atoms in total. The largest absolute Gasteiger partial charge is 0.346 e. The molecule has 0 saturated heterocycles. The molecule has 0 fully saturated rings. The molecule has 1 heterocycles. The number of fused-ring (bicyclic) bond motifs is 1. The van der Waals surface area contributed by atoms with E-state index in [2.05, 4.69) is 61.1 Å².